The number of alkyl halides is 3. The van der Waals surface area contributed by atoms with Crippen LogP contribution in [-0.4, -0.2) is 51.6 Å². The van der Waals surface area contributed by atoms with Gasteiger partial charge < -0.3 is 14.4 Å². The second-order valence-electron chi connectivity index (χ2n) is 12.5. The number of aliphatic imine (C=N–C) groups is 1. The van der Waals surface area contributed by atoms with E-state index >= 15 is 0 Å². The van der Waals surface area contributed by atoms with Gasteiger partial charge in [0.25, 0.3) is 0 Å². The number of ether oxygens (including phenoxy) is 2. The number of rotatable bonds is 11. The van der Waals surface area contributed by atoms with Crippen LogP contribution in [0.15, 0.2) is 78.0 Å². The first-order valence-electron chi connectivity index (χ1n) is 15.4. The summed E-state index contributed by atoms with van der Waals surface area (Å²) < 4.78 is 48.2. The predicted molar refractivity (Wildman–Crippen MR) is 180 cm³/mol. The molecule has 5 rings (SSSR count). The molecule has 8 nitrogen and oxygen atoms in total. The fourth-order valence-corrected chi connectivity index (χ4v) is 6.40. The molecule has 1 saturated heterocycles. The van der Waals surface area contributed by atoms with Crippen molar-refractivity contribution in [1.29, 1.82) is 0 Å². The second-order valence-corrected chi connectivity index (χ2v) is 13.5. The number of thioether (sulfide) groups is 1. The first-order valence-corrected chi connectivity index (χ1v) is 16.4. The Labute approximate surface area is 277 Å². The van der Waals surface area contributed by atoms with Crippen molar-refractivity contribution in [3.63, 3.8) is 0 Å². The molecular weight excluding hydrogens is 627 g/mol. The predicted octanol–water partition coefficient (Wildman–Crippen LogP) is 8.45. The molecule has 248 valence electrons. The van der Waals surface area contributed by atoms with Crippen molar-refractivity contribution in [3.8, 4) is 28.6 Å². The minimum absolute atomic E-state index is 0.124. The Hall–Kier alpha value is -4.32. The smallest absolute Gasteiger partial charge is 0.497 e. The molecule has 12 heteroatoms. The van der Waals surface area contributed by atoms with Gasteiger partial charge in [0.05, 0.1) is 12.8 Å². The molecule has 47 heavy (non-hydrogen) atoms. The lowest BCUT2D eigenvalue weighted by Crippen LogP contribution is -2.26. The van der Waals surface area contributed by atoms with E-state index in [-0.39, 0.29) is 17.1 Å². The molecule has 1 aliphatic rings. The number of nitrogens with zero attached hydrogens (tertiary/aromatic N) is 5. The SMILES string of the molecule is COc1ccc(C(C)C)c(N2CCSC2=NC(=O)CCC(C)(C)Cc2ccc(-c3ncn(-c4ccc(OC(F)(F)F)cc4)n3)cc2)c1. The van der Waals surface area contributed by atoms with E-state index in [2.05, 4.69) is 58.5 Å². The van der Waals surface area contributed by atoms with Gasteiger partial charge in [-0.2, -0.15) is 4.99 Å². The van der Waals surface area contributed by atoms with Crippen LogP contribution >= 0.6 is 11.8 Å². The molecule has 0 radical (unpaired) electrons. The van der Waals surface area contributed by atoms with Crippen LogP contribution in [0.1, 0.15) is 57.6 Å². The summed E-state index contributed by atoms with van der Waals surface area (Å²) in [4.78, 5) is 24.1. The van der Waals surface area contributed by atoms with Crippen LogP contribution in [0.25, 0.3) is 17.1 Å². The highest BCUT2D eigenvalue weighted by Crippen LogP contribution is 2.36. The average Bonchev–Trinajstić information content (AvgIpc) is 3.70. The van der Waals surface area contributed by atoms with Gasteiger partial charge in [-0.3, -0.25) is 4.79 Å². The first kappa shape index (κ1) is 34.0. The number of aromatic nitrogens is 3. The summed E-state index contributed by atoms with van der Waals surface area (Å²) in [5.74, 6) is 2.02. The number of carbonyl (C=O) groups is 1. The second kappa shape index (κ2) is 14.2. The van der Waals surface area contributed by atoms with Gasteiger partial charge >= 0.3 is 6.36 Å². The Morgan fingerprint density at radius 3 is 2.38 bits per heavy atom. The van der Waals surface area contributed by atoms with E-state index in [1.165, 1.54) is 40.8 Å². The summed E-state index contributed by atoms with van der Waals surface area (Å²) in [6.45, 7) is 9.40. The normalized spacial score (nSPS) is 14.7. The number of benzene rings is 3. The molecule has 0 unspecified atom stereocenters. The van der Waals surface area contributed by atoms with E-state index in [1.54, 1.807) is 18.9 Å². The molecule has 0 aliphatic carbocycles. The van der Waals surface area contributed by atoms with E-state index < -0.39 is 6.36 Å². The Kier molecular flexibility index (Phi) is 10.3. The maximum Gasteiger partial charge on any atom is 0.573 e. The summed E-state index contributed by atoms with van der Waals surface area (Å²) in [7, 11) is 1.66. The molecule has 1 aliphatic heterocycles. The minimum atomic E-state index is -4.75. The van der Waals surface area contributed by atoms with Crippen molar-refractivity contribution in [2.75, 3.05) is 24.3 Å². The zero-order chi connectivity index (χ0) is 33.8. The van der Waals surface area contributed by atoms with E-state index in [1.807, 2.05) is 36.4 Å². The minimum Gasteiger partial charge on any atom is -0.497 e. The largest absolute Gasteiger partial charge is 0.573 e. The fourth-order valence-electron chi connectivity index (χ4n) is 5.43. The van der Waals surface area contributed by atoms with Crippen molar-refractivity contribution in [1.82, 2.24) is 14.8 Å². The number of amidine groups is 1. The molecule has 0 saturated carbocycles. The van der Waals surface area contributed by atoms with Gasteiger partial charge in [0.15, 0.2) is 11.0 Å². The van der Waals surface area contributed by atoms with Crippen LogP contribution in [0.2, 0.25) is 0 Å². The maximum absolute atomic E-state index is 13.1. The van der Waals surface area contributed by atoms with Gasteiger partial charge in [-0.25, -0.2) is 9.67 Å². The molecule has 1 amide bonds. The summed E-state index contributed by atoms with van der Waals surface area (Å²) in [6.07, 6.45) is -1.43. The molecule has 0 atom stereocenters. The molecule has 1 aromatic heterocycles. The highest BCUT2D eigenvalue weighted by Gasteiger charge is 2.31. The number of halogens is 3. The molecule has 1 fully saturated rings. The number of methoxy groups -OCH3 is 1. The van der Waals surface area contributed by atoms with Gasteiger partial charge in [0.2, 0.25) is 5.91 Å². The Balaban J connectivity index is 1.18. The van der Waals surface area contributed by atoms with Crippen molar-refractivity contribution in [2.24, 2.45) is 10.4 Å². The molecule has 0 bridgehead atoms. The Bertz CT molecular complexity index is 1720. The first-order chi connectivity index (χ1) is 22.3. The van der Waals surface area contributed by atoms with Gasteiger partial charge in [0, 0.05) is 36.0 Å². The summed E-state index contributed by atoms with van der Waals surface area (Å²) in [5, 5.41) is 5.22. The number of hydrogen-bond donors (Lipinski definition) is 0. The third kappa shape index (κ3) is 8.94. The molecule has 3 aromatic carbocycles. The highest BCUT2D eigenvalue weighted by atomic mass is 32.2. The van der Waals surface area contributed by atoms with Crippen LogP contribution < -0.4 is 14.4 Å². The molecule has 0 N–H and O–H groups in total. The van der Waals surface area contributed by atoms with Gasteiger partial charge in [-0.1, -0.05) is 69.8 Å². The Morgan fingerprint density at radius 1 is 1.02 bits per heavy atom. The standard InChI is InChI=1S/C35H38F3N5O3S/c1-23(2)29-15-14-28(45-5)20-30(29)42-18-19-47-33(42)40-31(44)16-17-34(3,4)21-24-6-8-25(9-7-24)32-39-22-43(41-32)26-10-12-27(13-11-26)46-35(36,37)38/h6-15,20,22-23H,16-19,21H2,1-5H3. The topological polar surface area (TPSA) is 81.8 Å². The van der Waals surface area contributed by atoms with E-state index in [0.717, 1.165) is 46.4 Å². The monoisotopic (exact) mass is 665 g/mol. The third-order valence-electron chi connectivity index (χ3n) is 7.88. The maximum atomic E-state index is 13.1. The van der Waals surface area contributed by atoms with Crippen molar-refractivity contribution in [2.45, 2.75) is 59.2 Å². The van der Waals surface area contributed by atoms with E-state index in [0.29, 0.717) is 30.3 Å². The molecule has 4 aromatic rings. The van der Waals surface area contributed by atoms with Crippen molar-refractivity contribution in [3.05, 3.63) is 84.2 Å². The third-order valence-corrected chi connectivity index (χ3v) is 8.84. The highest BCUT2D eigenvalue weighted by molar-refractivity contribution is 8.14. The van der Waals surface area contributed by atoms with Crippen LogP contribution in [0.5, 0.6) is 11.5 Å². The van der Waals surface area contributed by atoms with Crippen molar-refractivity contribution < 1.29 is 27.4 Å². The number of amides is 1. The summed E-state index contributed by atoms with van der Waals surface area (Å²) in [6, 6.07) is 19.4. The van der Waals surface area contributed by atoms with Gasteiger partial charge in [0.1, 0.15) is 17.8 Å². The van der Waals surface area contributed by atoms with Gasteiger partial charge in [-0.15, -0.1) is 18.3 Å². The number of hydrogen-bond acceptors (Lipinski definition) is 6. The van der Waals surface area contributed by atoms with Crippen LogP contribution in [-0.2, 0) is 11.2 Å². The van der Waals surface area contributed by atoms with E-state index in [4.69, 9.17) is 4.74 Å². The average molecular weight is 666 g/mol. The Morgan fingerprint density at radius 2 is 1.72 bits per heavy atom. The molecule has 0 spiro atoms. The summed E-state index contributed by atoms with van der Waals surface area (Å²) in [5.41, 5.74) is 4.57. The number of carbonyl (C=O) groups excluding carboxylic acids is 1. The van der Waals surface area contributed by atoms with Crippen LogP contribution in [0, 0.1) is 5.41 Å². The van der Waals surface area contributed by atoms with Crippen molar-refractivity contribution >= 4 is 28.5 Å². The summed E-state index contributed by atoms with van der Waals surface area (Å²) >= 11 is 1.61. The van der Waals surface area contributed by atoms with Crippen LogP contribution in [0.4, 0.5) is 18.9 Å². The fraction of sp³-hybridized carbons (Fsp3) is 0.371. The molecular formula is C35H38F3N5O3S. The lowest BCUT2D eigenvalue weighted by molar-refractivity contribution is -0.274. The van der Waals surface area contributed by atoms with E-state index in [9.17, 15) is 18.0 Å². The number of anilines is 1. The van der Waals surface area contributed by atoms with Gasteiger partial charge in [-0.05, 0) is 65.6 Å². The lowest BCUT2D eigenvalue weighted by Gasteiger charge is -2.25. The molecule has 2 heterocycles. The zero-order valence-corrected chi connectivity index (χ0v) is 27.9. The van der Waals surface area contributed by atoms with Crippen LogP contribution in [0.3, 0.4) is 0 Å². The zero-order valence-electron chi connectivity index (χ0n) is 27.0. The quantitative estimate of drug-likeness (QED) is 0.159. The lowest BCUT2D eigenvalue weighted by atomic mass is 9.81.